The van der Waals surface area contributed by atoms with Gasteiger partial charge in [0.1, 0.15) is 0 Å². The zero-order valence-corrected chi connectivity index (χ0v) is 12.1. The van der Waals surface area contributed by atoms with Gasteiger partial charge in [-0.3, -0.25) is 9.59 Å². The van der Waals surface area contributed by atoms with Gasteiger partial charge in [-0.05, 0) is 26.2 Å². The fraction of sp³-hybridized carbons (Fsp3) is 0.769. The van der Waals surface area contributed by atoms with E-state index in [1.807, 2.05) is 6.92 Å². The van der Waals surface area contributed by atoms with E-state index >= 15 is 0 Å². The first-order valence-electron chi connectivity index (χ1n) is 6.88. The molecule has 0 radical (unpaired) electrons. The van der Waals surface area contributed by atoms with Gasteiger partial charge in [-0.15, -0.1) is 0 Å². The number of nitrogens with one attached hydrogen (secondary N) is 2. The van der Waals surface area contributed by atoms with Crippen LogP contribution in [0, 0.1) is 5.92 Å². The Kier molecular flexibility index (Phi) is 9.15. The van der Waals surface area contributed by atoms with Crippen molar-refractivity contribution in [2.45, 2.75) is 52.0 Å². The van der Waals surface area contributed by atoms with Crippen LogP contribution in [0.2, 0.25) is 0 Å². The van der Waals surface area contributed by atoms with Crippen molar-refractivity contribution in [1.29, 1.82) is 0 Å². The minimum atomic E-state index is -0.794. The molecule has 0 aromatic heterocycles. The first-order valence-corrected chi connectivity index (χ1v) is 6.88. The maximum absolute atomic E-state index is 11.5. The van der Waals surface area contributed by atoms with E-state index in [2.05, 4.69) is 10.6 Å². The van der Waals surface area contributed by atoms with Gasteiger partial charge in [0.2, 0.25) is 5.91 Å². The van der Waals surface area contributed by atoms with Crippen LogP contribution in [0.15, 0.2) is 0 Å². The molecule has 2 atom stereocenters. The highest BCUT2D eigenvalue weighted by Crippen LogP contribution is 2.09. The van der Waals surface area contributed by atoms with Gasteiger partial charge in [0.15, 0.2) is 0 Å². The van der Waals surface area contributed by atoms with Gasteiger partial charge in [0.25, 0.3) is 0 Å². The van der Waals surface area contributed by atoms with Crippen LogP contribution in [0.5, 0.6) is 0 Å². The largest absolute Gasteiger partial charge is 0.481 e. The summed E-state index contributed by atoms with van der Waals surface area (Å²) >= 11 is 0. The number of amides is 3. The Morgan fingerprint density at radius 2 is 1.80 bits per heavy atom. The van der Waals surface area contributed by atoms with Crippen molar-refractivity contribution in [3.05, 3.63) is 0 Å². The highest BCUT2D eigenvalue weighted by Gasteiger charge is 2.12. The number of carboxylic acids is 1. The van der Waals surface area contributed by atoms with Crippen LogP contribution in [0.4, 0.5) is 4.79 Å². The van der Waals surface area contributed by atoms with Crippen molar-refractivity contribution in [1.82, 2.24) is 10.6 Å². The second-order valence-corrected chi connectivity index (χ2v) is 5.04. The summed E-state index contributed by atoms with van der Waals surface area (Å²) in [5, 5.41) is 14.1. The van der Waals surface area contributed by atoms with E-state index in [9.17, 15) is 14.4 Å². The number of primary amides is 1. The summed E-state index contributed by atoms with van der Waals surface area (Å²) in [6.45, 7) is 3.94. The van der Waals surface area contributed by atoms with Gasteiger partial charge in [0, 0.05) is 19.0 Å². The average molecular weight is 287 g/mol. The molecule has 0 fully saturated rings. The normalized spacial score (nSPS) is 13.3. The molecule has 0 rings (SSSR count). The standard InChI is InChI=1S/C13H25N3O4/c1-9(12(18)19)5-3-6-10(2)16-13(20)15-8-4-7-11(14)17/h9-10H,3-8H2,1-2H3,(H2,14,17)(H,18,19)(H2,15,16,20). The molecule has 0 heterocycles. The molecule has 0 aliphatic heterocycles. The molecule has 0 bridgehead atoms. The van der Waals surface area contributed by atoms with E-state index in [0.29, 0.717) is 19.4 Å². The summed E-state index contributed by atoms with van der Waals surface area (Å²) in [7, 11) is 0. The Bertz CT molecular complexity index is 334. The van der Waals surface area contributed by atoms with Crippen molar-refractivity contribution in [3.63, 3.8) is 0 Å². The number of aliphatic carboxylic acids is 1. The van der Waals surface area contributed by atoms with E-state index < -0.39 is 5.97 Å². The lowest BCUT2D eigenvalue weighted by Crippen LogP contribution is -2.41. The monoisotopic (exact) mass is 287 g/mol. The van der Waals surface area contributed by atoms with Crippen molar-refractivity contribution < 1.29 is 19.5 Å². The smallest absolute Gasteiger partial charge is 0.314 e. The number of hydrogen-bond acceptors (Lipinski definition) is 3. The topological polar surface area (TPSA) is 122 Å². The number of urea groups is 1. The SMILES string of the molecule is CC(CCCC(C)C(=O)O)NC(=O)NCCCC(N)=O. The van der Waals surface area contributed by atoms with Crippen LogP contribution in [-0.2, 0) is 9.59 Å². The molecule has 7 nitrogen and oxygen atoms in total. The van der Waals surface area contributed by atoms with Crippen LogP contribution < -0.4 is 16.4 Å². The van der Waals surface area contributed by atoms with E-state index in [-0.39, 0.29) is 30.3 Å². The predicted molar refractivity (Wildman–Crippen MR) is 75.1 cm³/mol. The number of hydrogen-bond donors (Lipinski definition) is 4. The zero-order chi connectivity index (χ0) is 15.5. The molecular formula is C13H25N3O4. The van der Waals surface area contributed by atoms with Crippen molar-refractivity contribution in [2.24, 2.45) is 11.7 Å². The number of nitrogens with two attached hydrogens (primary N) is 1. The molecule has 5 N–H and O–H groups in total. The lowest BCUT2D eigenvalue weighted by molar-refractivity contribution is -0.141. The maximum atomic E-state index is 11.5. The number of carboxylic acid groups (broad SMARTS) is 1. The van der Waals surface area contributed by atoms with Gasteiger partial charge in [-0.1, -0.05) is 13.3 Å². The summed E-state index contributed by atoms with van der Waals surface area (Å²) in [5.74, 6) is -1.53. The molecule has 2 unspecified atom stereocenters. The Morgan fingerprint density at radius 3 is 2.35 bits per heavy atom. The fourth-order valence-electron chi connectivity index (χ4n) is 1.67. The molecule has 116 valence electrons. The second kappa shape index (κ2) is 10.1. The Morgan fingerprint density at radius 1 is 1.15 bits per heavy atom. The number of rotatable bonds is 10. The summed E-state index contributed by atoms with van der Waals surface area (Å²) in [5.41, 5.74) is 4.98. The Hall–Kier alpha value is -1.79. The van der Waals surface area contributed by atoms with Gasteiger partial charge in [-0.2, -0.15) is 0 Å². The van der Waals surface area contributed by atoms with Crippen molar-refractivity contribution >= 4 is 17.9 Å². The summed E-state index contributed by atoms with van der Waals surface area (Å²) in [4.78, 5) is 32.6. The highest BCUT2D eigenvalue weighted by atomic mass is 16.4. The highest BCUT2D eigenvalue weighted by molar-refractivity contribution is 5.75. The molecule has 0 aromatic rings. The first-order chi connectivity index (χ1) is 9.32. The minimum absolute atomic E-state index is 0.0212. The Balaban J connectivity index is 3.64. The molecule has 0 aliphatic rings. The molecule has 20 heavy (non-hydrogen) atoms. The van der Waals surface area contributed by atoms with Gasteiger partial charge < -0.3 is 21.5 Å². The molecule has 0 saturated heterocycles. The molecular weight excluding hydrogens is 262 g/mol. The van der Waals surface area contributed by atoms with E-state index in [4.69, 9.17) is 10.8 Å². The Labute approximate surface area is 119 Å². The summed E-state index contributed by atoms with van der Waals surface area (Å²) < 4.78 is 0. The second-order valence-electron chi connectivity index (χ2n) is 5.04. The lowest BCUT2D eigenvalue weighted by Gasteiger charge is -2.15. The van der Waals surface area contributed by atoms with E-state index in [1.165, 1.54) is 0 Å². The number of carbonyl (C=O) groups excluding carboxylic acids is 2. The first kappa shape index (κ1) is 18.2. The molecule has 0 aromatic carbocycles. The van der Waals surface area contributed by atoms with Gasteiger partial charge in [-0.25, -0.2) is 4.79 Å². The van der Waals surface area contributed by atoms with E-state index in [1.54, 1.807) is 6.92 Å². The van der Waals surface area contributed by atoms with E-state index in [0.717, 1.165) is 12.8 Å². The average Bonchev–Trinajstić information content (AvgIpc) is 2.34. The quantitative estimate of drug-likeness (QED) is 0.444. The van der Waals surface area contributed by atoms with Gasteiger partial charge in [0.05, 0.1) is 5.92 Å². The third kappa shape index (κ3) is 10.2. The molecule has 7 heteroatoms. The van der Waals surface area contributed by atoms with Crippen molar-refractivity contribution in [2.75, 3.05) is 6.54 Å². The van der Waals surface area contributed by atoms with Gasteiger partial charge >= 0.3 is 12.0 Å². The van der Waals surface area contributed by atoms with Crippen LogP contribution in [0.3, 0.4) is 0 Å². The summed E-state index contributed by atoms with van der Waals surface area (Å²) in [6.07, 6.45) is 2.85. The molecule has 0 spiro atoms. The third-order valence-electron chi connectivity index (χ3n) is 2.96. The molecule has 0 aliphatic carbocycles. The number of carbonyl (C=O) groups is 3. The minimum Gasteiger partial charge on any atom is -0.481 e. The summed E-state index contributed by atoms with van der Waals surface area (Å²) in [6, 6.07) is -0.305. The fourth-order valence-corrected chi connectivity index (χ4v) is 1.67. The van der Waals surface area contributed by atoms with Crippen LogP contribution >= 0.6 is 0 Å². The van der Waals surface area contributed by atoms with Crippen LogP contribution in [0.1, 0.15) is 46.0 Å². The molecule has 0 saturated carbocycles. The zero-order valence-electron chi connectivity index (χ0n) is 12.1. The van der Waals surface area contributed by atoms with Crippen molar-refractivity contribution in [3.8, 4) is 0 Å². The third-order valence-corrected chi connectivity index (χ3v) is 2.96. The van der Waals surface area contributed by atoms with Crippen LogP contribution in [-0.4, -0.2) is 35.6 Å². The molecule has 3 amide bonds. The van der Waals surface area contributed by atoms with Crippen LogP contribution in [0.25, 0.3) is 0 Å². The maximum Gasteiger partial charge on any atom is 0.314 e. The predicted octanol–water partition coefficient (Wildman–Crippen LogP) is 0.831. The lowest BCUT2D eigenvalue weighted by atomic mass is 10.0.